The van der Waals surface area contributed by atoms with E-state index in [1.54, 1.807) is 43.5 Å². The molecule has 0 saturated heterocycles. The first-order valence-electron chi connectivity index (χ1n) is 12.6. The predicted octanol–water partition coefficient (Wildman–Crippen LogP) is 5.36. The SMILES string of the molecule is COc1ccc(C(=O)/C=C/c2cn(CC(O)CNCCc3c[nH]c4cc(F)ccc34)c3ccccc23)cc1. The van der Waals surface area contributed by atoms with Crippen LogP contribution in [0.4, 0.5) is 4.39 Å². The van der Waals surface area contributed by atoms with Gasteiger partial charge in [-0.25, -0.2) is 4.39 Å². The van der Waals surface area contributed by atoms with E-state index in [4.69, 9.17) is 4.74 Å². The summed E-state index contributed by atoms with van der Waals surface area (Å²) < 4.78 is 20.6. The van der Waals surface area contributed by atoms with Gasteiger partial charge in [0.05, 0.1) is 13.2 Å². The maximum absolute atomic E-state index is 13.4. The number of aromatic amines is 1. The molecule has 38 heavy (non-hydrogen) atoms. The number of aromatic nitrogens is 2. The van der Waals surface area contributed by atoms with Crippen molar-refractivity contribution in [3.63, 3.8) is 0 Å². The third-order valence-electron chi connectivity index (χ3n) is 6.70. The monoisotopic (exact) mass is 511 g/mol. The highest BCUT2D eigenvalue weighted by Gasteiger charge is 2.12. The third kappa shape index (κ3) is 5.69. The number of ether oxygens (including phenoxy) is 1. The number of nitrogens with one attached hydrogen (secondary N) is 2. The van der Waals surface area contributed by atoms with Crippen LogP contribution in [0.1, 0.15) is 21.5 Å². The average molecular weight is 512 g/mol. The van der Waals surface area contributed by atoms with Gasteiger partial charge in [-0.3, -0.25) is 4.79 Å². The Bertz CT molecular complexity index is 1580. The molecule has 194 valence electrons. The number of carbonyl (C=O) groups excluding carboxylic acids is 1. The highest BCUT2D eigenvalue weighted by molar-refractivity contribution is 6.07. The van der Waals surface area contributed by atoms with Gasteiger partial charge in [-0.15, -0.1) is 0 Å². The maximum Gasteiger partial charge on any atom is 0.185 e. The maximum atomic E-state index is 13.4. The van der Waals surface area contributed by atoms with Crippen molar-refractivity contribution in [3.05, 3.63) is 108 Å². The van der Waals surface area contributed by atoms with Crippen molar-refractivity contribution in [2.45, 2.75) is 19.1 Å². The molecule has 0 aliphatic heterocycles. The lowest BCUT2D eigenvalue weighted by molar-refractivity contribution is 0.104. The van der Waals surface area contributed by atoms with Gasteiger partial charge in [0.25, 0.3) is 0 Å². The summed E-state index contributed by atoms with van der Waals surface area (Å²) in [5.74, 6) is 0.359. The van der Waals surface area contributed by atoms with E-state index in [9.17, 15) is 14.3 Å². The number of aliphatic hydroxyl groups is 1. The van der Waals surface area contributed by atoms with Gasteiger partial charge in [0.2, 0.25) is 0 Å². The number of rotatable bonds is 11. The first-order valence-corrected chi connectivity index (χ1v) is 12.6. The summed E-state index contributed by atoms with van der Waals surface area (Å²) in [6.07, 6.45) is 7.44. The molecule has 1 atom stereocenters. The first-order chi connectivity index (χ1) is 18.5. The van der Waals surface area contributed by atoms with E-state index in [2.05, 4.69) is 10.3 Å². The Kier molecular flexibility index (Phi) is 7.67. The van der Waals surface area contributed by atoms with E-state index < -0.39 is 6.10 Å². The molecule has 0 saturated carbocycles. The van der Waals surface area contributed by atoms with Crippen LogP contribution in [0, 0.1) is 5.82 Å². The Morgan fingerprint density at radius 1 is 1.13 bits per heavy atom. The molecular formula is C31H30FN3O3. The second kappa shape index (κ2) is 11.5. The van der Waals surface area contributed by atoms with Gasteiger partial charge in [-0.2, -0.15) is 0 Å². The van der Waals surface area contributed by atoms with Crippen molar-refractivity contribution in [2.75, 3.05) is 20.2 Å². The fourth-order valence-electron chi connectivity index (χ4n) is 4.72. The minimum atomic E-state index is -0.597. The zero-order valence-electron chi connectivity index (χ0n) is 21.2. The number of fused-ring (bicyclic) bond motifs is 2. The number of H-pyrrole nitrogens is 1. The molecule has 0 bridgehead atoms. The van der Waals surface area contributed by atoms with Crippen LogP contribution < -0.4 is 10.1 Å². The molecular weight excluding hydrogens is 481 g/mol. The Morgan fingerprint density at radius 3 is 2.76 bits per heavy atom. The van der Waals surface area contributed by atoms with E-state index in [1.165, 1.54) is 12.1 Å². The van der Waals surface area contributed by atoms with Crippen molar-refractivity contribution < 1.29 is 19.0 Å². The molecule has 5 aromatic rings. The lowest BCUT2D eigenvalue weighted by atomic mass is 10.1. The number of methoxy groups -OCH3 is 1. The second-order valence-electron chi connectivity index (χ2n) is 9.29. The first kappa shape index (κ1) is 25.4. The lowest BCUT2D eigenvalue weighted by Crippen LogP contribution is -2.31. The topological polar surface area (TPSA) is 79.3 Å². The summed E-state index contributed by atoms with van der Waals surface area (Å²) in [5.41, 5.74) is 4.40. The van der Waals surface area contributed by atoms with Gasteiger partial charge in [0.1, 0.15) is 11.6 Å². The Balaban J connectivity index is 1.20. The zero-order chi connectivity index (χ0) is 26.5. The number of para-hydroxylation sites is 1. The van der Waals surface area contributed by atoms with Gasteiger partial charge < -0.3 is 24.7 Å². The number of allylic oxidation sites excluding steroid dienone is 1. The molecule has 0 spiro atoms. The Labute approximate surface area is 220 Å². The molecule has 3 N–H and O–H groups in total. The molecule has 0 aliphatic rings. The highest BCUT2D eigenvalue weighted by Crippen LogP contribution is 2.24. The van der Waals surface area contributed by atoms with Crippen LogP contribution in [0.15, 0.2) is 85.2 Å². The van der Waals surface area contributed by atoms with Crippen LogP contribution >= 0.6 is 0 Å². The molecule has 2 aromatic heterocycles. The summed E-state index contributed by atoms with van der Waals surface area (Å²) in [5, 5.41) is 16.1. The van der Waals surface area contributed by atoms with Crippen LogP contribution in [-0.2, 0) is 13.0 Å². The second-order valence-corrected chi connectivity index (χ2v) is 9.29. The summed E-state index contributed by atoms with van der Waals surface area (Å²) in [6, 6.07) is 19.7. The normalized spacial score (nSPS) is 12.5. The number of hydrogen-bond donors (Lipinski definition) is 3. The van der Waals surface area contributed by atoms with E-state index in [-0.39, 0.29) is 11.6 Å². The number of nitrogens with zero attached hydrogens (tertiary/aromatic N) is 1. The summed E-state index contributed by atoms with van der Waals surface area (Å²) in [4.78, 5) is 15.8. The molecule has 2 heterocycles. The number of hydrogen-bond acceptors (Lipinski definition) is 4. The Hall–Kier alpha value is -4.20. The van der Waals surface area contributed by atoms with Crippen LogP contribution in [0.25, 0.3) is 27.9 Å². The number of halogens is 1. The van der Waals surface area contributed by atoms with Crippen LogP contribution in [0.2, 0.25) is 0 Å². The molecule has 6 nitrogen and oxygen atoms in total. The molecule has 0 amide bonds. The van der Waals surface area contributed by atoms with E-state index in [0.29, 0.717) is 30.9 Å². The van der Waals surface area contributed by atoms with Gasteiger partial charge in [-0.1, -0.05) is 18.2 Å². The molecule has 5 rings (SSSR count). The zero-order valence-corrected chi connectivity index (χ0v) is 21.2. The lowest BCUT2D eigenvalue weighted by Gasteiger charge is -2.13. The summed E-state index contributed by atoms with van der Waals surface area (Å²) in [6.45, 7) is 1.54. The van der Waals surface area contributed by atoms with E-state index in [1.807, 2.05) is 47.3 Å². The largest absolute Gasteiger partial charge is 0.497 e. The quantitative estimate of drug-likeness (QED) is 0.127. The van der Waals surface area contributed by atoms with Gasteiger partial charge in [0.15, 0.2) is 5.78 Å². The molecule has 0 fully saturated rings. The van der Waals surface area contributed by atoms with Crippen molar-refractivity contribution in [2.24, 2.45) is 0 Å². The number of aliphatic hydroxyl groups excluding tert-OH is 1. The van der Waals surface area contributed by atoms with Gasteiger partial charge >= 0.3 is 0 Å². The van der Waals surface area contributed by atoms with Crippen molar-refractivity contribution >= 4 is 33.7 Å². The van der Waals surface area contributed by atoms with Gasteiger partial charge in [0, 0.05) is 58.4 Å². The van der Waals surface area contributed by atoms with Crippen LogP contribution in [0.5, 0.6) is 5.75 Å². The Morgan fingerprint density at radius 2 is 1.95 bits per heavy atom. The molecule has 7 heteroatoms. The fraction of sp³-hybridized carbons (Fsp3) is 0.194. The predicted molar refractivity (Wildman–Crippen MR) is 149 cm³/mol. The van der Waals surface area contributed by atoms with Crippen molar-refractivity contribution in [1.29, 1.82) is 0 Å². The third-order valence-corrected chi connectivity index (χ3v) is 6.70. The molecule has 1 unspecified atom stereocenters. The molecule has 3 aromatic carbocycles. The van der Waals surface area contributed by atoms with Crippen molar-refractivity contribution in [1.82, 2.24) is 14.9 Å². The van der Waals surface area contributed by atoms with Gasteiger partial charge in [-0.05, 0) is 79.2 Å². The van der Waals surface area contributed by atoms with Crippen LogP contribution in [0.3, 0.4) is 0 Å². The molecule has 0 aliphatic carbocycles. The summed E-state index contributed by atoms with van der Waals surface area (Å²) >= 11 is 0. The summed E-state index contributed by atoms with van der Waals surface area (Å²) in [7, 11) is 1.59. The average Bonchev–Trinajstić information content (AvgIpc) is 3.50. The number of ketones is 1. The number of benzene rings is 3. The minimum Gasteiger partial charge on any atom is -0.497 e. The van der Waals surface area contributed by atoms with E-state index in [0.717, 1.165) is 39.4 Å². The van der Waals surface area contributed by atoms with Crippen LogP contribution in [-0.4, -0.2) is 46.7 Å². The number of carbonyl (C=O) groups is 1. The molecule has 0 radical (unpaired) electrons. The van der Waals surface area contributed by atoms with Crippen molar-refractivity contribution in [3.8, 4) is 5.75 Å². The van der Waals surface area contributed by atoms with E-state index >= 15 is 0 Å². The minimum absolute atomic E-state index is 0.0888. The standard InChI is InChI=1S/C31H30FN3O3/c1-38-26-10-6-21(7-11-26)31(37)13-8-23-19-35(30-5-3-2-4-28(23)30)20-25(36)18-33-15-14-22-17-34-29-16-24(32)9-12-27(22)29/h2-13,16-17,19,25,33-34,36H,14-15,18,20H2,1H3/b13-8+. The fourth-order valence-corrected chi connectivity index (χ4v) is 4.72. The smallest absolute Gasteiger partial charge is 0.185 e. The highest BCUT2D eigenvalue weighted by atomic mass is 19.1.